The Morgan fingerprint density at radius 3 is 1.28 bits per heavy atom. The molecule has 0 aliphatic rings. The van der Waals surface area contributed by atoms with Crippen LogP contribution in [0.3, 0.4) is 0 Å². The maximum atomic E-state index is 7.57. The number of aryl methyl sites for hydroxylation is 3. The molecule has 0 aromatic heterocycles. The molecule has 0 aliphatic heterocycles. The molecule has 1 heteroatoms. The minimum Gasteiger partial charge on any atom is -0.397 e. The van der Waals surface area contributed by atoms with Crippen molar-refractivity contribution in [2.45, 2.75) is 27.7 Å². The minimum absolute atomic E-state index is 0.250. The van der Waals surface area contributed by atoms with Crippen LogP contribution in [0.2, 0.25) is 0 Å². The summed E-state index contributed by atoms with van der Waals surface area (Å²) in [7, 11) is 0. The number of aliphatic hydroxyl groups is 1. The van der Waals surface area contributed by atoms with Crippen LogP contribution in [0, 0.1) is 20.8 Å². The van der Waals surface area contributed by atoms with Gasteiger partial charge in [0, 0.05) is 6.61 Å². The largest absolute Gasteiger partial charge is 0.397 e. The van der Waals surface area contributed by atoms with E-state index in [1.165, 1.54) is 16.7 Å². The van der Waals surface area contributed by atoms with E-state index in [0.29, 0.717) is 0 Å². The van der Waals surface area contributed by atoms with Crippen LogP contribution < -0.4 is 0 Å². The highest BCUT2D eigenvalue weighted by Gasteiger charge is 1.83. The lowest BCUT2D eigenvalue weighted by atomic mass is 10.1. The van der Waals surface area contributed by atoms with Crippen molar-refractivity contribution in [3.8, 4) is 0 Å². The zero-order valence-electron chi connectivity index (χ0n) is 11.9. The van der Waals surface area contributed by atoms with Crippen LogP contribution >= 0.6 is 0 Å². The van der Waals surface area contributed by atoms with Gasteiger partial charge in [-0.15, -0.1) is 0 Å². The smallest absolute Gasteiger partial charge is 0.0402 e. The maximum absolute atomic E-state index is 7.57. The average molecular weight is 244 g/mol. The van der Waals surface area contributed by atoms with E-state index in [-0.39, 0.29) is 6.61 Å². The molecule has 0 saturated carbocycles. The first-order chi connectivity index (χ1) is 8.61. The molecule has 0 fully saturated rings. The molecule has 2 aromatic rings. The molecule has 2 rings (SSSR count). The molecule has 0 aliphatic carbocycles. The van der Waals surface area contributed by atoms with Crippen molar-refractivity contribution >= 4 is 0 Å². The van der Waals surface area contributed by atoms with Gasteiger partial charge in [-0.3, -0.25) is 0 Å². The van der Waals surface area contributed by atoms with Crippen LogP contribution in [-0.4, -0.2) is 11.7 Å². The minimum atomic E-state index is 0.250. The van der Waals surface area contributed by atoms with Crippen LogP contribution in [0.1, 0.15) is 23.6 Å². The molecular weight excluding hydrogens is 220 g/mol. The Balaban J connectivity index is 0.000000267. The van der Waals surface area contributed by atoms with E-state index in [9.17, 15) is 0 Å². The highest BCUT2D eigenvalue weighted by atomic mass is 16.2. The summed E-state index contributed by atoms with van der Waals surface area (Å²) in [5, 5.41) is 7.57. The van der Waals surface area contributed by atoms with E-state index in [2.05, 4.69) is 57.2 Å². The second kappa shape index (κ2) is 10.5. The second-order valence-electron chi connectivity index (χ2n) is 4.06. The summed E-state index contributed by atoms with van der Waals surface area (Å²) in [6.45, 7) is 8.25. The molecule has 0 amide bonds. The topological polar surface area (TPSA) is 20.2 Å². The lowest BCUT2D eigenvalue weighted by Crippen LogP contribution is -1.74. The summed E-state index contributed by atoms with van der Waals surface area (Å²) in [5.74, 6) is 0. The molecule has 18 heavy (non-hydrogen) atoms. The van der Waals surface area contributed by atoms with Crippen molar-refractivity contribution in [1.29, 1.82) is 0 Å². The molecule has 2 aromatic carbocycles. The Bertz CT molecular complexity index is 386. The third-order valence-corrected chi connectivity index (χ3v) is 2.37. The summed E-state index contributed by atoms with van der Waals surface area (Å²) in [6, 6.07) is 18.6. The predicted octanol–water partition coefficient (Wildman–Crippen LogP) is 4.30. The van der Waals surface area contributed by atoms with Crippen LogP contribution in [0.15, 0.2) is 54.6 Å². The normalized spacial score (nSPS) is 8.50. The highest BCUT2D eigenvalue weighted by molar-refractivity contribution is 5.23. The van der Waals surface area contributed by atoms with Gasteiger partial charge in [-0.25, -0.2) is 0 Å². The molecule has 0 atom stereocenters. The van der Waals surface area contributed by atoms with Gasteiger partial charge in [0.25, 0.3) is 0 Å². The third-order valence-electron chi connectivity index (χ3n) is 2.37. The van der Waals surface area contributed by atoms with Crippen LogP contribution in [0.25, 0.3) is 0 Å². The summed E-state index contributed by atoms with van der Waals surface area (Å²) in [5.41, 5.74) is 4.06. The van der Waals surface area contributed by atoms with E-state index < -0.39 is 0 Å². The first kappa shape index (κ1) is 16.4. The number of aliphatic hydroxyl groups excluding tert-OH is 1. The zero-order valence-corrected chi connectivity index (χ0v) is 11.9. The van der Waals surface area contributed by atoms with Gasteiger partial charge in [0.05, 0.1) is 0 Å². The maximum Gasteiger partial charge on any atom is 0.0402 e. The predicted molar refractivity (Wildman–Crippen MR) is 79.9 cm³/mol. The Morgan fingerprint density at radius 2 is 1.06 bits per heavy atom. The molecule has 0 unspecified atom stereocenters. The van der Waals surface area contributed by atoms with Crippen LogP contribution in [0.4, 0.5) is 0 Å². The van der Waals surface area contributed by atoms with Gasteiger partial charge < -0.3 is 5.11 Å². The van der Waals surface area contributed by atoms with Gasteiger partial charge in [0.1, 0.15) is 0 Å². The molecule has 0 radical (unpaired) electrons. The number of benzene rings is 2. The van der Waals surface area contributed by atoms with Crippen molar-refractivity contribution in [3.05, 3.63) is 71.3 Å². The fraction of sp³-hybridized carbons (Fsp3) is 0.294. The quantitative estimate of drug-likeness (QED) is 0.732. The standard InChI is InChI=1S/C8H10.C7H8.C2H6O/c1-7-5-3-4-6-8(7)2;1-7-5-3-2-4-6-7;1-2-3/h3-6H,1-2H3;2-6H,1H3;3H,2H2,1H3. The molecule has 1 nitrogen and oxygen atoms in total. The van der Waals surface area contributed by atoms with E-state index in [1.54, 1.807) is 6.92 Å². The Morgan fingerprint density at radius 1 is 0.722 bits per heavy atom. The summed E-state index contributed by atoms with van der Waals surface area (Å²) >= 11 is 0. The van der Waals surface area contributed by atoms with Gasteiger partial charge in [-0.2, -0.15) is 0 Å². The van der Waals surface area contributed by atoms with Crippen LogP contribution in [0.5, 0.6) is 0 Å². The monoisotopic (exact) mass is 244 g/mol. The third kappa shape index (κ3) is 8.54. The molecular formula is C17H24O. The van der Waals surface area contributed by atoms with E-state index in [4.69, 9.17) is 5.11 Å². The number of hydrogen-bond donors (Lipinski definition) is 1. The Hall–Kier alpha value is -1.60. The van der Waals surface area contributed by atoms with Crippen LogP contribution in [-0.2, 0) is 0 Å². The molecule has 0 spiro atoms. The Labute approximate surface area is 111 Å². The fourth-order valence-corrected chi connectivity index (χ4v) is 1.20. The molecule has 0 bridgehead atoms. The van der Waals surface area contributed by atoms with Gasteiger partial charge in [0.15, 0.2) is 0 Å². The molecule has 0 saturated heterocycles. The highest BCUT2D eigenvalue weighted by Crippen LogP contribution is 2.02. The lowest BCUT2D eigenvalue weighted by molar-refractivity contribution is 0.318. The van der Waals surface area contributed by atoms with E-state index in [1.807, 2.05) is 18.2 Å². The van der Waals surface area contributed by atoms with Crippen molar-refractivity contribution in [2.75, 3.05) is 6.61 Å². The zero-order chi connectivity index (χ0) is 13.8. The van der Waals surface area contributed by atoms with Gasteiger partial charge in [-0.05, 0) is 38.8 Å². The van der Waals surface area contributed by atoms with Gasteiger partial charge in [-0.1, -0.05) is 60.2 Å². The molecule has 98 valence electrons. The van der Waals surface area contributed by atoms with Gasteiger partial charge >= 0.3 is 0 Å². The molecule has 1 N–H and O–H groups in total. The van der Waals surface area contributed by atoms with Crippen molar-refractivity contribution in [3.63, 3.8) is 0 Å². The number of rotatable bonds is 0. The van der Waals surface area contributed by atoms with Gasteiger partial charge in [0.2, 0.25) is 0 Å². The summed E-state index contributed by atoms with van der Waals surface area (Å²) in [4.78, 5) is 0. The Kier molecular flexibility index (Phi) is 9.61. The SMILES string of the molecule is CCO.Cc1ccccc1.Cc1ccccc1C. The van der Waals surface area contributed by atoms with Crippen molar-refractivity contribution in [2.24, 2.45) is 0 Å². The first-order valence-corrected chi connectivity index (χ1v) is 6.26. The van der Waals surface area contributed by atoms with Crippen molar-refractivity contribution in [1.82, 2.24) is 0 Å². The molecule has 0 heterocycles. The fourth-order valence-electron chi connectivity index (χ4n) is 1.20. The first-order valence-electron chi connectivity index (χ1n) is 6.26. The van der Waals surface area contributed by atoms with E-state index >= 15 is 0 Å². The number of hydrogen-bond acceptors (Lipinski definition) is 1. The van der Waals surface area contributed by atoms with E-state index in [0.717, 1.165) is 0 Å². The summed E-state index contributed by atoms with van der Waals surface area (Å²) in [6.07, 6.45) is 0. The summed E-state index contributed by atoms with van der Waals surface area (Å²) < 4.78 is 0. The average Bonchev–Trinajstić information content (AvgIpc) is 2.36. The second-order valence-corrected chi connectivity index (χ2v) is 4.06. The van der Waals surface area contributed by atoms with Crippen molar-refractivity contribution < 1.29 is 5.11 Å². The lowest BCUT2D eigenvalue weighted by Gasteiger charge is -1.93.